The monoisotopic (exact) mass is 439 g/mol. The second-order valence-electron chi connectivity index (χ2n) is 7.07. The van der Waals surface area contributed by atoms with Gasteiger partial charge in [-0.25, -0.2) is 9.97 Å². The highest BCUT2D eigenvalue weighted by Crippen LogP contribution is 2.27. The number of allylic oxidation sites excluding steroid dienone is 1. The van der Waals surface area contributed by atoms with Gasteiger partial charge >= 0.3 is 0 Å². The van der Waals surface area contributed by atoms with E-state index in [4.69, 9.17) is 26.7 Å². The van der Waals surface area contributed by atoms with Gasteiger partial charge in [-0.1, -0.05) is 42.5 Å². The maximum atomic E-state index is 13.3. The second kappa shape index (κ2) is 9.15. The number of nitrogen functional groups attached to an aromatic ring is 1. The van der Waals surface area contributed by atoms with E-state index in [2.05, 4.69) is 15.3 Å². The predicted molar refractivity (Wildman–Crippen MR) is 130 cm³/mol. The number of benzene rings is 2. The molecule has 4 rings (SSSR count). The van der Waals surface area contributed by atoms with Crippen molar-refractivity contribution in [2.45, 2.75) is 6.54 Å². The van der Waals surface area contributed by atoms with Gasteiger partial charge in [0, 0.05) is 18.0 Å². The number of nitrogens with one attached hydrogen (secondary N) is 3. The fourth-order valence-electron chi connectivity index (χ4n) is 3.50. The van der Waals surface area contributed by atoms with E-state index in [-0.39, 0.29) is 40.5 Å². The molecule has 33 heavy (non-hydrogen) atoms. The van der Waals surface area contributed by atoms with Crippen LogP contribution >= 0.6 is 0 Å². The Balaban J connectivity index is 1.81. The highest BCUT2D eigenvalue weighted by Gasteiger charge is 2.20. The van der Waals surface area contributed by atoms with Gasteiger partial charge < -0.3 is 26.6 Å². The van der Waals surface area contributed by atoms with Crippen molar-refractivity contribution in [1.82, 2.24) is 9.97 Å². The minimum atomic E-state index is -0.146. The van der Waals surface area contributed by atoms with Crippen molar-refractivity contribution in [2.24, 2.45) is 5.73 Å². The first kappa shape index (κ1) is 21.4. The van der Waals surface area contributed by atoms with E-state index < -0.39 is 0 Å². The standard InChI is InChI=1S/C24H21N7O2/c25-10-15(11-26)21(27)20-23(28)30-13-31-24(20)29-12-18-19(14-6-2-1-3-7-14)22(32)16-8-4-5-9-17(16)33-18/h1-11,13,25,27H,12,26H2,(H3,28,29,30,31)/b15-11+,25-10?,27-21?. The lowest BCUT2D eigenvalue weighted by Crippen LogP contribution is -2.17. The van der Waals surface area contributed by atoms with Crippen LogP contribution in [0.4, 0.5) is 11.6 Å². The summed E-state index contributed by atoms with van der Waals surface area (Å²) in [7, 11) is 0. The molecule has 0 unspecified atom stereocenters. The Morgan fingerprint density at radius 2 is 1.82 bits per heavy atom. The predicted octanol–water partition coefficient (Wildman–Crippen LogP) is 3.30. The van der Waals surface area contributed by atoms with Gasteiger partial charge in [0.25, 0.3) is 0 Å². The zero-order valence-electron chi connectivity index (χ0n) is 17.5. The van der Waals surface area contributed by atoms with Crippen molar-refractivity contribution in [2.75, 3.05) is 11.1 Å². The molecule has 2 aromatic heterocycles. The van der Waals surface area contributed by atoms with Gasteiger partial charge in [0.15, 0.2) is 0 Å². The first-order valence-electron chi connectivity index (χ1n) is 10.0. The number of aromatic nitrogens is 2. The molecule has 164 valence electrons. The molecule has 0 bridgehead atoms. The summed E-state index contributed by atoms with van der Waals surface area (Å²) in [6.07, 6.45) is 3.36. The average molecular weight is 439 g/mol. The molecule has 0 saturated heterocycles. The molecule has 9 heteroatoms. The minimum absolute atomic E-state index is 0.0574. The maximum Gasteiger partial charge on any atom is 0.200 e. The van der Waals surface area contributed by atoms with E-state index in [1.165, 1.54) is 6.33 Å². The third-order valence-electron chi connectivity index (χ3n) is 5.10. The third kappa shape index (κ3) is 4.07. The van der Waals surface area contributed by atoms with Gasteiger partial charge in [0.1, 0.15) is 29.3 Å². The maximum absolute atomic E-state index is 13.3. The molecule has 0 aliphatic heterocycles. The lowest BCUT2D eigenvalue weighted by Gasteiger charge is -2.15. The van der Waals surface area contributed by atoms with Crippen molar-refractivity contribution in [3.05, 3.63) is 94.2 Å². The molecular weight excluding hydrogens is 418 g/mol. The lowest BCUT2D eigenvalue weighted by atomic mass is 10.0. The van der Waals surface area contributed by atoms with Crippen LogP contribution in [0.2, 0.25) is 0 Å². The van der Waals surface area contributed by atoms with E-state index in [0.717, 1.165) is 18.0 Å². The summed E-state index contributed by atoms with van der Waals surface area (Å²) in [6, 6.07) is 16.3. The minimum Gasteiger partial charge on any atom is -0.458 e. The molecule has 0 radical (unpaired) electrons. The van der Waals surface area contributed by atoms with Gasteiger partial charge in [-0.05, 0) is 17.7 Å². The van der Waals surface area contributed by atoms with Crippen LogP contribution in [0.5, 0.6) is 0 Å². The van der Waals surface area contributed by atoms with Crippen molar-refractivity contribution < 1.29 is 4.42 Å². The number of nitrogens with zero attached hydrogens (tertiary/aromatic N) is 2. The normalized spacial score (nSPS) is 11.3. The zero-order valence-corrected chi connectivity index (χ0v) is 17.5. The molecule has 7 N–H and O–H groups in total. The molecule has 0 aliphatic carbocycles. The van der Waals surface area contributed by atoms with Gasteiger partial charge in [-0.3, -0.25) is 10.2 Å². The van der Waals surface area contributed by atoms with Crippen LogP contribution < -0.4 is 22.2 Å². The van der Waals surface area contributed by atoms with E-state index in [0.29, 0.717) is 22.3 Å². The van der Waals surface area contributed by atoms with Crippen LogP contribution in [0, 0.1) is 10.8 Å². The van der Waals surface area contributed by atoms with Crippen LogP contribution in [0.25, 0.3) is 22.1 Å². The number of anilines is 2. The second-order valence-corrected chi connectivity index (χ2v) is 7.07. The number of hydrogen-bond donors (Lipinski definition) is 5. The molecular formula is C24H21N7O2. The Labute approximate surface area is 188 Å². The SMILES string of the molecule is N=C/C(=C\N)C(=N)c1c(N)ncnc1NCc1oc2ccccc2c(=O)c1-c1ccccc1. The van der Waals surface area contributed by atoms with Gasteiger partial charge in [0.2, 0.25) is 5.43 Å². The zero-order chi connectivity index (χ0) is 23.4. The van der Waals surface area contributed by atoms with E-state index in [1.54, 1.807) is 24.3 Å². The molecule has 0 spiro atoms. The first-order chi connectivity index (χ1) is 16.0. The lowest BCUT2D eigenvalue weighted by molar-refractivity contribution is 0.548. The summed E-state index contributed by atoms with van der Waals surface area (Å²) in [6.45, 7) is 0.0906. The van der Waals surface area contributed by atoms with Crippen LogP contribution in [0.15, 0.2) is 81.9 Å². The summed E-state index contributed by atoms with van der Waals surface area (Å²) >= 11 is 0. The quantitative estimate of drug-likeness (QED) is 0.275. The summed E-state index contributed by atoms with van der Waals surface area (Å²) in [4.78, 5) is 21.5. The smallest absolute Gasteiger partial charge is 0.200 e. The number of rotatable bonds is 7. The number of para-hydroxylation sites is 1. The molecule has 2 heterocycles. The Hall–Kier alpha value is -4.79. The highest BCUT2D eigenvalue weighted by atomic mass is 16.3. The summed E-state index contributed by atoms with van der Waals surface area (Å²) in [5, 5.41) is 19.5. The highest BCUT2D eigenvalue weighted by molar-refractivity contribution is 6.25. The van der Waals surface area contributed by atoms with Crippen molar-refractivity contribution in [3.63, 3.8) is 0 Å². The topological polar surface area (TPSA) is 168 Å². The van der Waals surface area contributed by atoms with Gasteiger partial charge in [-0.15, -0.1) is 0 Å². The third-order valence-corrected chi connectivity index (χ3v) is 5.10. The molecule has 4 aromatic rings. The number of fused-ring (bicyclic) bond motifs is 1. The van der Waals surface area contributed by atoms with Crippen molar-refractivity contribution in [3.8, 4) is 11.1 Å². The number of nitrogens with two attached hydrogens (primary N) is 2. The summed E-state index contributed by atoms with van der Waals surface area (Å²) in [5.41, 5.74) is 13.3. The van der Waals surface area contributed by atoms with Crippen LogP contribution in [-0.2, 0) is 6.54 Å². The van der Waals surface area contributed by atoms with Crippen LogP contribution in [0.3, 0.4) is 0 Å². The molecule has 0 aliphatic rings. The summed E-state index contributed by atoms with van der Waals surface area (Å²) < 4.78 is 6.11. The molecule has 2 aromatic carbocycles. The fraction of sp³-hybridized carbons (Fsp3) is 0.0417. The Morgan fingerprint density at radius 1 is 1.09 bits per heavy atom. The van der Waals surface area contributed by atoms with Crippen LogP contribution in [0.1, 0.15) is 11.3 Å². The first-order valence-corrected chi connectivity index (χ1v) is 10.0. The molecule has 0 fully saturated rings. The van der Waals surface area contributed by atoms with Crippen molar-refractivity contribution in [1.29, 1.82) is 10.8 Å². The largest absolute Gasteiger partial charge is 0.458 e. The van der Waals surface area contributed by atoms with E-state index in [9.17, 15) is 4.79 Å². The Kier molecular flexibility index (Phi) is 5.94. The molecule has 9 nitrogen and oxygen atoms in total. The van der Waals surface area contributed by atoms with Gasteiger partial charge in [-0.2, -0.15) is 0 Å². The Bertz CT molecular complexity index is 1440. The molecule has 0 amide bonds. The van der Waals surface area contributed by atoms with E-state index in [1.807, 2.05) is 30.3 Å². The average Bonchev–Trinajstić information content (AvgIpc) is 2.84. The van der Waals surface area contributed by atoms with Gasteiger partial charge in [0.05, 0.1) is 28.8 Å². The fourth-order valence-corrected chi connectivity index (χ4v) is 3.50. The number of hydrogen-bond acceptors (Lipinski definition) is 9. The molecule has 0 atom stereocenters. The van der Waals surface area contributed by atoms with E-state index >= 15 is 0 Å². The Morgan fingerprint density at radius 3 is 2.55 bits per heavy atom. The summed E-state index contributed by atoms with van der Waals surface area (Å²) in [5.74, 6) is 0.715. The molecule has 0 saturated carbocycles. The van der Waals surface area contributed by atoms with Crippen molar-refractivity contribution >= 4 is 34.5 Å². The van der Waals surface area contributed by atoms with Crippen LogP contribution in [-0.4, -0.2) is 21.9 Å².